The van der Waals surface area contributed by atoms with Crippen molar-refractivity contribution in [3.8, 4) is 0 Å². The fourth-order valence-electron chi connectivity index (χ4n) is 1.50. The van der Waals surface area contributed by atoms with Crippen LogP contribution in [0.25, 0.3) is 0 Å². The summed E-state index contributed by atoms with van der Waals surface area (Å²) in [4.78, 5) is 34.7. The lowest BCUT2D eigenvalue weighted by Gasteiger charge is -2.06. The number of hydrogen-bond acceptors (Lipinski definition) is 9. The second kappa shape index (κ2) is 8.20. The van der Waals surface area contributed by atoms with E-state index in [1.165, 1.54) is 24.3 Å². The van der Waals surface area contributed by atoms with E-state index in [-0.39, 0.29) is 4.90 Å². The number of hydrazone groups is 1. The number of hydrogen-bond donors (Lipinski definition) is 1. The third kappa shape index (κ3) is 5.47. The van der Waals surface area contributed by atoms with Crippen molar-refractivity contribution in [3.63, 3.8) is 0 Å². The number of anilines is 1. The van der Waals surface area contributed by atoms with Crippen LogP contribution >= 0.6 is 0 Å². The Bertz CT molecular complexity index is 767. The van der Waals surface area contributed by atoms with E-state index in [1.54, 1.807) is 0 Å². The number of rotatable bonds is 7. The first kappa shape index (κ1) is 19.3. The van der Waals surface area contributed by atoms with E-state index in [0.717, 1.165) is 20.5 Å². The molecule has 1 aromatic carbocycles. The highest BCUT2D eigenvalue weighted by Crippen LogP contribution is 2.14. The quantitative estimate of drug-likeness (QED) is 0.317. The van der Waals surface area contributed by atoms with Crippen LogP contribution in [0.15, 0.2) is 34.3 Å². The van der Waals surface area contributed by atoms with Gasteiger partial charge < -0.3 is 9.47 Å². The highest BCUT2D eigenvalue weighted by Gasteiger charge is 2.24. The maximum atomic E-state index is 11.9. The van der Waals surface area contributed by atoms with Crippen LogP contribution in [-0.2, 0) is 33.7 Å². The lowest BCUT2D eigenvalue weighted by Crippen LogP contribution is -2.28. The first-order valence-corrected chi connectivity index (χ1v) is 8.40. The molecule has 1 aromatic rings. The standard InChI is InChI=1S/C14H16N2O7S/c1-22-12(18)8-11(17)13(14(19)23-2)16-15-9-4-6-10(7-5-9)24(3,20)21/h4-7,15H,8H2,1-3H3. The molecule has 9 nitrogen and oxygen atoms in total. The number of ketones is 1. The van der Waals surface area contributed by atoms with Gasteiger partial charge in [-0.15, -0.1) is 0 Å². The van der Waals surface area contributed by atoms with Gasteiger partial charge in [0.15, 0.2) is 9.84 Å². The fraction of sp³-hybridized carbons (Fsp3) is 0.286. The average Bonchev–Trinajstić information content (AvgIpc) is 2.54. The molecule has 1 N–H and O–H groups in total. The normalized spacial score (nSPS) is 11.5. The molecule has 0 amide bonds. The van der Waals surface area contributed by atoms with Gasteiger partial charge in [-0.25, -0.2) is 13.2 Å². The number of nitrogens with zero attached hydrogens (tertiary/aromatic N) is 1. The molecule has 0 aromatic heterocycles. The van der Waals surface area contributed by atoms with Crippen molar-refractivity contribution in [1.29, 1.82) is 0 Å². The summed E-state index contributed by atoms with van der Waals surface area (Å²) in [6.45, 7) is 0. The molecule has 0 bridgehead atoms. The summed E-state index contributed by atoms with van der Waals surface area (Å²) in [6.07, 6.45) is 0.396. The van der Waals surface area contributed by atoms with Crippen molar-refractivity contribution in [2.75, 3.05) is 25.9 Å². The predicted molar refractivity (Wildman–Crippen MR) is 84.3 cm³/mol. The number of nitrogens with one attached hydrogen (secondary N) is 1. The molecule has 0 aliphatic rings. The molecule has 0 fully saturated rings. The molecule has 0 heterocycles. The Morgan fingerprint density at radius 2 is 1.67 bits per heavy atom. The van der Waals surface area contributed by atoms with Crippen LogP contribution in [0.3, 0.4) is 0 Å². The molecular formula is C14H16N2O7S. The fourth-order valence-corrected chi connectivity index (χ4v) is 2.13. The summed E-state index contributed by atoms with van der Waals surface area (Å²) < 4.78 is 31.5. The van der Waals surface area contributed by atoms with E-state index in [0.29, 0.717) is 5.69 Å². The molecule has 0 aliphatic heterocycles. The monoisotopic (exact) mass is 356 g/mol. The van der Waals surface area contributed by atoms with E-state index >= 15 is 0 Å². The van der Waals surface area contributed by atoms with Gasteiger partial charge in [-0.05, 0) is 24.3 Å². The van der Waals surface area contributed by atoms with Crippen LogP contribution in [-0.4, -0.2) is 52.3 Å². The van der Waals surface area contributed by atoms with Gasteiger partial charge in [-0.1, -0.05) is 0 Å². The molecule has 0 spiro atoms. The van der Waals surface area contributed by atoms with E-state index in [1.807, 2.05) is 0 Å². The number of methoxy groups -OCH3 is 2. The lowest BCUT2D eigenvalue weighted by molar-refractivity contribution is -0.142. The topological polar surface area (TPSA) is 128 Å². The number of esters is 2. The first-order valence-electron chi connectivity index (χ1n) is 6.51. The Hall–Kier alpha value is -2.75. The number of benzene rings is 1. The minimum absolute atomic E-state index is 0.104. The first-order chi connectivity index (χ1) is 11.2. The van der Waals surface area contributed by atoms with Gasteiger partial charge in [-0.2, -0.15) is 5.10 Å². The lowest BCUT2D eigenvalue weighted by atomic mass is 10.2. The minimum Gasteiger partial charge on any atom is -0.469 e. The number of Topliss-reactive ketones (excluding diaryl/α,β-unsaturated/α-hetero) is 1. The summed E-state index contributed by atoms with van der Waals surface area (Å²) in [5, 5.41) is 3.63. The van der Waals surface area contributed by atoms with E-state index < -0.39 is 39.7 Å². The number of sulfone groups is 1. The summed E-state index contributed by atoms with van der Waals surface area (Å²) in [5.41, 5.74) is 2.14. The molecule has 24 heavy (non-hydrogen) atoms. The van der Waals surface area contributed by atoms with Gasteiger partial charge in [0.25, 0.3) is 0 Å². The van der Waals surface area contributed by atoms with Crippen LogP contribution in [0.1, 0.15) is 6.42 Å². The SMILES string of the molecule is COC(=O)CC(=O)C(=NNc1ccc(S(C)(=O)=O)cc1)C(=O)OC. The zero-order chi connectivity index (χ0) is 18.3. The number of ether oxygens (including phenoxy) is 2. The molecule has 0 unspecified atom stereocenters. The second-order valence-electron chi connectivity index (χ2n) is 4.54. The molecule has 0 aliphatic carbocycles. The minimum atomic E-state index is -3.34. The predicted octanol–water partition coefficient (Wildman–Crippen LogP) is 0.163. The summed E-state index contributed by atoms with van der Waals surface area (Å²) >= 11 is 0. The van der Waals surface area contributed by atoms with Crippen LogP contribution in [0.5, 0.6) is 0 Å². The van der Waals surface area contributed by atoms with Gasteiger partial charge in [0.05, 0.1) is 24.8 Å². The highest BCUT2D eigenvalue weighted by molar-refractivity contribution is 7.90. The highest BCUT2D eigenvalue weighted by atomic mass is 32.2. The molecule has 0 saturated carbocycles. The average molecular weight is 356 g/mol. The summed E-state index contributed by atoms with van der Waals surface area (Å²) in [5.74, 6) is -2.73. The number of carbonyl (C=O) groups excluding carboxylic acids is 3. The van der Waals surface area contributed by atoms with Crippen LogP contribution in [0, 0.1) is 0 Å². The van der Waals surface area contributed by atoms with E-state index in [2.05, 4.69) is 20.0 Å². The maximum Gasteiger partial charge on any atom is 0.362 e. The van der Waals surface area contributed by atoms with Crippen molar-refractivity contribution in [2.45, 2.75) is 11.3 Å². The Balaban J connectivity index is 2.97. The molecule has 130 valence electrons. The third-order valence-corrected chi connectivity index (χ3v) is 3.88. The van der Waals surface area contributed by atoms with Crippen molar-refractivity contribution >= 4 is 39.0 Å². The summed E-state index contributed by atoms with van der Waals surface area (Å²) in [7, 11) is -1.18. The van der Waals surface area contributed by atoms with Crippen molar-refractivity contribution in [1.82, 2.24) is 0 Å². The van der Waals surface area contributed by atoms with Crippen LogP contribution in [0.4, 0.5) is 5.69 Å². The Morgan fingerprint density at radius 3 is 2.12 bits per heavy atom. The van der Waals surface area contributed by atoms with Gasteiger partial charge in [0.2, 0.25) is 11.5 Å². The Labute approximate surface area is 138 Å². The second-order valence-corrected chi connectivity index (χ2v) is 6.55. The van der Waals surface area contributed by atoms with Gasteiger partial charge >= 0.3 is 11.9 Å². The molecule has 1 rings (SSSR count). The van der Waals surface area contributed by atoms with Gasteiger partial charge in [0, 0.05) is 6.26 Å². The van der Waals surface area contributed by atoms with Crippen molar-refractivity contribution < 1.29 is 32.3 Å². The van der Waals surface area contributed by atoms with Gasteiger partial charge in [-0.3, -0.25) is 15.0 Å². The number of carbonyl (C=O) groups is 3. The molecule has 0 saturated heterocycles. The third-order valence-electron chi connectivity index (χ3n) is 2.75. The summed E-state index contributed by atoms with van der Waals surface area (Å²) in [6, 6.07) is 5.47. The molecule has 10 heteroatoms. The maximum absolute atomic E-state index is 11.9. The van der Waals surface area contributed by atoms with Gasteiger partial charge in [0.1, 0.15) is 6.42 Å². The molecular weight excluding hydrogens is 340 g/mol. The molecule has 0 radical (unpaired) electrons. The smallest absolute Gasteiger partial charge is 0.362 e. The van der Waals surface area contributed by atoms with Crippen molar-refractivity contribution in [2.24, 2.45) is 5.10 Å². The van der Waals surface area contributed by atoms with E-state index in [4.69, 9.17) is 0 Å². The Morgan fingerprint density at radius 1 is 1.08 bits per heavy atom. The van der Waals surface area contributed by atoms with Crippen molar-refractivity contribution in [3.05, 3.63) is 24.3 Å². The van der Waals surface area contributed by atoms with E-state index in [9.17, 15) is 22.8 Å². The zero-order valence-corrected chi connectivity index (χ0v) is 14.0. The molecule has 0 atom stereocenters. The zero-order valence-electron chi connectivity index (χ0n) is 13.2. The van der Waals surface area contributed by atoms with Crippen LogP contribution in [0.2, 0.25) is 0 Å². The Kier molecular flexibility index (Phi) is 6.59. The largest absolute Gasteiger partial charge is 0.469 e. The van der Waals surface area contributed by atoms with Crippen LogP contribution < -0.4 is 5.43 Å².